The Hall–Kier alpha value is -1.88. The van der Waals surface area contributed by atoms with E-state index in [1.54, 1.807) is 6.07 Å². The van der Waals surface area contributed by atoms with Crippen LogP contribution < -0.4 is 5.32 Å². The summed E-state index contributed by atoms with van der Waals surface area (Å²) >= 11 is 0. The average Bonchev–Trinajstić information content (AvgIpc) is 3.27. The van der Waals surface area contributed by atoms with E-state index in [2.05, 4.69) is 5.32 Å². The average molecular weight is 344 g/mol. The topological polar surface area (TPSA) is 58.6 Å². The molecule has 0 bridgehead atoms. The first-order chi connectivity index (χ1) is 11.8. The van der Waals surface area contributed by atoms with E-state index in [4.69, 9.17) is 4.74 Å². The second-order valence-electron chi connectivity index (χ2n) is 8.20. The number of carbonyl (C=O) groups is 2. The summed E-state index contributed by atoms with van der Waals surface area (Å²) in [6.45, 7) is 7.92. The Balaban J connectivity index is 1.71. The summed E-state index contributed by atoms with van der Waals surface area (Å²) in [5, 5.41) is 2.90. The van der Waals surface area contributed by atoms with E-state index in [9.17, 15) is 9.59 Å². The molecule has 1 atom stereocenters. The minimum atomic E-state index is -0.470. The lowest BCUT2D eigenvalue weighted by Gasteiger charge is -2.25. The Morgan fingerprint density at radius 2 is 2.00 bits per heavy atom. The summed E-state index contributed by atoms with van der Waals surface area (Å²) in [6, 6.07) is 7.63. The summed E-state index contributed by atoms with van der Waals surface area (Å²) in [5.74, 6) is 0.439. The molecule has 0 radical (unpaired) electrons. The number of rotatable bonds is 5. The molecule has 2 amide bonds. The van der Waals surface area contributed by atoms with Crippen LogP contribution in [0.15, 0.2) is 24.3 Å². The zero-order valence-electron chi connectivity index (χ0n) is 15.4. The van der Waals surface area contributed by atoms with Gasteiger partial charge in [0.05, 0.1) is 6.61 Å². The second-order valence-corrected chi connectivity index (χ2v) is 8.20. The van der Waals surface area contributed by atoms with Gasteiger partial charge in [-0.1, -0.05) is 26.8 Å². The first-order valence-corrected chi connectivity index (χ1v) is 9.15. The SMILES string of the molecule is CC(C)(C)C(=O)Nc1cccc(C(=O)N(C[C@H]2CCOC2)C2CC2)c1. The smallest absolute Gasteiger partial charge is 0.254 e. The molecule has 1 N–H and O–H groups in total. The van der Waals surface area contributed by atoms with Gasteiger partial charge >= 0.3 is 0 Å². The zero-order chi connectivity index (χ0) is 18.0. The van der Waals surface area contributed by atoms with Gasteiger partial charge in [0.2, 0.25) is 5.91 Å². The van der Waals surface area contributed by atoms with Gasteiger partial charge in [0.15, 0.2) is 0 Å². The first kappa shape index (κ1) is 17.9. The van der Waals surface area contributed by atoms with Crippen molar-refractivity contribution in [1.82, 2.24) is 4.90 Å². The van der Waals surface area contributed by atoms with Crippen molar-refractivity contribution < 1.29 is 14.3 Å². The maximum Gasteiger partial charge on any atom is 0.254 e. The Morgan fingerprint density at radius 3 is 2.60 bits per heavy atom. The highest BCUT2D eigenvalue weighted by molar-refractivity contribution is 5.98. The monoisotopic (exact) mass is 344 g/mol. The standard InChI is InChI=1S/C20H28N2O3/c1-20(2,3)19(24)21-16-6-4-5-15(11-16)18(23)22(17-7-8-17)12-14-9-10-25-13-14/h4-6,11,14,17H,7-10,12-13H2,1-3H3,(H,21,24)/t14-/m1/s1. The molecule has 1 saturated carbocycles. The van der Waals surface area contributed by atoms with Crippen LogP contribution in [0.2, 0.25) is 0 Å². The van der Waals surface area contributed by atoms with Crippen molar-refractivity contribution in [2.24, 2.45) is 11.3 Å². The first-order valence-electron chi connectivity index (χ1n) is 9.15. The molecule has 1 aliphatic heterocycles. The Morgan fingerprint density at radius 1 is 1.24 bits per heavy atom. The minimum absolute atomic E-state index is 0.0562. The number of ether oxygens (including phenoxy) is 1. The van der Waals surface area contributed by atoms with Crippen LogP contribution in [0.3, 0.4) is 0 Å². The van der Waals surface area contributed by atoms with Crippen molar-refractivity contribution in [3.8, 4) is 0 Å². The number of nitrogens with zero attached hydrogens (tertiary/aromatic N) is 1. The molecule has 1 aromatic carbocycles. The number of carbonyl (C=O) groups excluding carboxylic acids is 2. The zero-order valence-corrected chi connectivity index (χ0v) is 15.4. The number of hydrogen-bond donors (Lipinski definition) is 1. The van der Waals surface area contributed by atoms with Gasteiger partial charge in [-0.2, -0.15) is 0 Å². The van der Waals surface area contributed by atoms with Crippen molar-refractivity contribution in [2.45, 2.75) is 46.1 Å². The molecule has 1 aliphatic carbocycles. The van der Waals surface area contributed by atoms with E-state index in [0.29, 0.717) is 23.2 Å². The van der Waals surface area contributed by atoms with E-state index in [1.807, 2.05) is 43.9 Å². The van der Waals surface area contributed by atoms with Crippen molar-refractivity contribution in [3.05, 3.63) is 29.8 Å². The number of hydrogen-bond acceptors (Lipinski definition) is 3. The summed E-state index contributed by atoms with van der Waals surface area (Å²) < 4.78 is 5.45. The van der Waals surface area contributed by atoms with Gasteiger partial charge in [-0.05, 0) is 37.5 Å². The van der Waals surface area contributed by atoms with E-state index in [1.165, 1.54) is 0 Å². The highest BCUT2D eigenvalue weighted by Crippen LogP contribution is 2.31. The van der Waals surface area contributed by atoms with Gasteiger partial charge in [-0.15, -0.1) is 0 Å². The van der Waals surface area contributed by atoms with Crippen molar-refractivity contribution in [2.75, 3.05) is 25.1 Å². The quantitative estimate of drug-likeness (QED) is 0.891. The molecule has 1 heterocycles. The van der Waals surface area contributed by atoms with Crippen LogP contribution in [0.5, 0.6) is 0 Å². The fourth-order valence-electron chi connectivity index (χ4n) is 3.00. The Bertz CT molecular complexity index is 641. The lowest BCUT2D eigenvalue weighted by Crippen LogP contribution is -2.37. The third kappa shape index (κ3) is 4.60. The Kier molecular flexibility index (Phi) is 5.13. The molecule has 1 saturated heterocycles. The van der Waals surface area contributed by atoms with Crippen LogP contribution in [0.25, 0.3) is 0 Å². The number of nitrogens with one attached hydrogen (secondary N) is 1. The highest BCUT2D eigenvalue weighted by atomic mass is 16.5. The van der Waals surface area contributed by atoms with Crippen molar-refractivity contribution >= 4 is 17.5 Å². The van der Waals surface area contributed by atoms with E-state index >= 15 is 0 Å². The molecule has 0 spiro atoms. The summed E-state index contributed by atoms with van der Waals surface area (Å²) in [4.78, 5) is 27.2. The number of benzene rings is 1. The summed E-state index contributed by atoms with van der Waals surface area (Å²) in [5.41, 5.74) is 0.839. The molecule has 2 aliphatic rings. The number of anilines is 1. The summed E-state index contributed by atoms with van der Waals surface area (Å²) in [6.07, 6.45) is 3.19. The minimum Gasteiger partial charge on any atom is -0.381 e. The highest BCUT2D eigenvalue weighted by Gasteiger charge is 2.35. The third-order valence-corrected chi connectivity index (χ3v) is 4.78. The van der Waals surface area contributed by atoms with Crippen LogP contribution in [0.1, 0.15) is 50.4 Å². The van der Waals surface area contributed by atoms with Gasteiger partial charge in [-0.25, -0.2) is 0 Å². The van der Waals surface area contributed by atoms with Crippen molar-refractivity contribution in [3.63, 3.8) is 0 Å². The molecule has 2 fully saturated rings. The predicted molar refractivity (Wildman–Crippen MR) is 97.5 cm³/mol. The van der Waals surface area contributed by atoms with Crippen molar-refractivity contribution in [1.29, 1.82) is 0 Å². The fraction of sp³-hybridized carbons (Fsp3) is 0.600. The number of amides is 2. The maximum absolute atomic E-state index is 13.0. The fourth-order valence-corrected chi connectivity index (χ4v) is 3.00. The molecule has 3 rings (SSSR count). The molecule has 0 aromatic heterocycles. The van der Waals surface area contributed by atoms with Crippen LogP contribution in [-0.2, 0) is 9.53 Å². The van der Waals surface area contributed by atoms with Crippen LogP contribution in [-0.4, -0.2) is 42.5 Å². The maximum atomic E-state index is 13.0. The van der Waals surface area contributed by atoms with Gasteiger partial charge in [0.25, 0.3) is 5.91 Å². The largest absolute Gasteiger partial charge is 0.381 e. The lowest BCUT2D eigenvalue weighted by atomic mass is 9.95. The lowest BCUT2D eigenvalue weighted by molar-refractivity contribution is -0.123. The molecule has 0 unspecified atom stereocenters. The predicted octanol–water partition coefficient (Wildman–Crippen LogP) is 3.31. The van der Waals surface area contributed by atoms with Gasteiger partial charge in [0, 0.05) is 41.8 Å². The Labute approximate surface area is 149 Å². The summed E-state index contributed by atoms with van der Waals surface area (Å²) in [7, 11) is 0. The van der Waals surface area contributed by atoms with Gasteiger partial charge in [-0.3, -0.25) is 9.59 Å². The van der Waals surface area contributed by atoms with Gasteiger partial charge < -0.3 is 15.0 Å². The molecule has 5 heteroatoms. The van der Waals surface area contributed by atoms with E-state index in [-0.39, 0.29) is 11.8 Å². The van der Waals surface area contributed by atoms with Crippen LogP contribution in [0.4, 0.5) is 5.69 Å². The molecular formula is C20H28N2O3. The molecular weight excluding hydrogens is 316 g/mol. The second kappa shape index (κ2) is 7.16. The molecule has 1 aromatic rings. The molecule has 5 nitrogen and oxygen atoms in total. The van der Waals surface area contributed by atoms with E-state index in [0.717, 1.165) is 39.0 Å². The normalized spacial score (nSPS) is 20.4. The third-order valence-electron chi connectivity index (χ3n) is 4.78. The van der Waals surface area contributed by atoms with Crippen LogP contribution in [0, 0.1) is 11.3 Å². The van der Waals surface area contributed by atoms with Crippen LogP contribution >= 0.6 is 0 Å². The van der Waals surface area contributed by atoms with Gasteiger partial charge in [0.1, 0.15) is 0 Å². The van der Waals surface area contributed by atoms with E-state index < -0.39 is 5.41 Å². The molecule has 25 heavy (non-hydrogen) atoms. The molecule has 136 valence electrons.